The summed E-state index contributed by atoms with van der Waals surface area (Å²) in [6.07, 6.45) is 14.7. The first-order valence-electron chi connectivity index (χ1n) is 10.5. The Hall–Kier alpha value is 0.110. The molecule has 0 saturated heterocycles. The summed E-state index contributed by atoms with van der Waals surface area (Å²) >= 11 is 0. The number of unbranched alkanes of at least 4 members (excludes halogenated alkanes) is 5. The van der Waals surface area contributed by atoms with Crippen molar-refractivity contribution in [1.82, 2.24) is 0 Å². The van der Waals surface area contributed by atoms with Crippen molar-refractivity contribution in [2.45, 2.75) is 104 Å². The van der Waals surface area contributed by atoms with Crippen LogP contribution in [0.3, 0.4) is 0 Å². The van der Waals surface area contributed by atoms with E-state index in [4.69, 9.17) is 13.6 Å². The van der Waals surface area contributed by atoms with Crippen LogP contribution in [0.25, 0.3) is 0 Å². The van der Waals surface area contributed by atoms with E-state index in [0.29, 0.717) is 6.61 Å². The van der Waals surface area contributed by atoms with E-state index in [1.807, 2.05) is 6.92 Å². The maximum Gasteiger partial charge on any atom is 0.474 e. The topological polar surface area (TPSA) is 44.8 Å². The van der Waals surface area contributed by atoms with Crippen molar-refractivity contribution < 1.29 is 18.1 Å². The molecular formula is C20H41O4P. The first-order valence-corrected chi connectivity index (χ1v) is 12.0. The van der Waals surface area contributed by atoms with Crippen LogP contribution in [-0.2, 0) is 18.1 Å². The van der Waals surface area contributed by atoms with Gasteiger partial charge in [0.2, 0.25) is 0 Å². The minimum Gasteiger partial charge on any atom is -0.290 e. The molecule has 0 N–H and O–H groups in total. The van der Waals surface area contributed by atoms with E-state index in [9.17, 15) is 4.57 Å². The summed E-state index contributed by atoms with van der Waals surface area (Å²) in [7, 11) is -1.95. The Morgan fingerprint density at radius 3 is 2.20 bits per heavy atom. The molecule has 0 amide bonds. The van der Waals surface area contributed by atoms with E-state index >= 15 is 0 Å². The summed E-state index contributed by atoms with van der Waals surface area (Å²) in [5.41, 5.74) is 0. The van der Waals surface area contributed by atoms with Gasteiger partial charge in [-0.15, -0.1) is 0 Å². The molecule has 1 saturated carbocycles. The zero-order valence-corrected chi connectivity index (χ0v) is 17.9. The minimum absolute atomic E-state index is 0.0140. The van der Waals surface area contributed by atoms with Crippen LogP contribution in [0.5, 0.6) is 0 Å². The van der Waals surface area contributed by atoms with Crippen molar-refractivity contribution in [3.63, 3.8) is 0 Å². The third-order valence-corrected chi connectivity index (χ3v) is 6.99. The molecule has 0 spiro atoms. The molecule has 25 heavy (non-hydrogen) atoms. The van der Waals surface area contributed by atoms with Crippen LogP contribution in [0.15, 0.2) is 0 Å². The second-order valence-electron chi connectivity index (χ2n) is 7.64. The Bertz CT molecular complexity index is 367. The molecule has 1 aliphatic rings. The molecule has 1 rings (SSSR count). The molecule has 5 heteroatoms. The summed E-state index contributed by atoms with van der Waals surface area (Å²) in [5.74, 6) is 1.58. The van der Waals surface area contributed by atoms with Gasteiger partial charge in [0, 0.05) is 7.11 Å². The standard InChI is InChI=1S/C20H41O4P/c1-5-7-8-9-10-11-12-18(3)19-13-15-20(16-14-19)24-25(21,22-4)23-17-6-2/h18-20H,5-17H2,1-4H3/t18-,19-,20-,25?/m1/s1. The molecule has 0 aromatic rings. The summed E-state index contributed by atoms with van der Waals surface area (Å²) < 4.78 is 28.4. The highest BCUT2D eigenvalue weighted by Crippen LogP contribution is 2.52. The normalized spacial score (nSPS) is 24.8. The van der Waals surface area contributed by atoms with E-state index in [-0.39, 0.29) is 6.10 Å². The maximum absolute atomic E-state index is 12.4. The Balaban J connectivity index is 2.22. The van der Waals surface area contributed by atoms with Crippen molar-refractivity contribution in [1.29, 1.82) is 0 Å². The van der Waals surface area contributed by atoms with E-state index < -0.39 is 7.82 Å². The van der Waals surface area contributed by atoms with Crippen LogP contribution in [0.1, 0.15) is 97.8 Å². The van der Waals surface area contributed by atoms with E-state index in [1.165, 1.54) is 64.9 Å². The summed E-state index contributed by atoms with van der Waals surface area (Å²) in [6.45, 7) is 7.07. The molecule has 0 radical (unpaired) electrons. The van der Waals surface area contributed by atoms with Gasteiger partial charge in [-0.3, -0.25) is 13.6 Å². The lowest BCUT2D eigenvalue weighted by Gasteiger charge is -2.33. The second kappa shape index (κ2) is 13.3. The van der Waals surface area contributed by atoms with Gasteiger partial charge >= 0.3 is 7.82 Å². The molecule has 1 unspecified atom stereocenters. The monoisotopic (exact) mass is 376 g/mol. The number of phosphoric ester groups is 1. The second-order valence-corrected chi connectivity index (χ2v) is 9.37. The lowest BCUT2D eigenvalue weighted by molar-refractivity contribution is 0.0552. The number of rotatable bonds is 14. The van der Waals surface area contributed by atoms with Crippen molar-refractivity contribution in [3.8, 4) is 0 Å². The van der Waals surface area contributed by atoms with Gasteiger partial charge in [-0.05, 0) is 43.9 Å². The van der Waals surface area contributed by atoms with Gasteiger partial charge in [0.1, 0.15) is 0 Å². The fourth-order valence-corrected chi connectivity index (χ4v) is 4.99. The van der Waals surface area contributed by atoms with Crippen LogP contribution in [0.4, 0.5) is 0 Å². The molecule has 0 aliphatic heterocycles. The lowest BCUT2D eigenvalue weighted by atomic mass is 9.78. The fourth-order valence-electron chi connectivity index (χ4n) is 3.76. The summed E-state index contributed by atoms with van der Waals surface area (Å²) in [6, 6.07) is 0. The quantitative estimate of drug-likeness (QED) is 0.239. The average molecular weight is 377 g/mol. The number of phosphoric acid groups is 1. The van der Waals surface area contributed by atoms with E-state index in [2.05, 4.69) is 13.8 Å². The third-order valence-electron chi connectivity index (χ3n) is 5.49. The van der Waals surface area contributed by atoms with Gasteiger partial charge in [-0.25, -0.2) is 4.57 Å². The Morgan fingerprint density at radius 1 is 0.960 bits per heavy atom. The maximum atomic E-state index is 12.4. The minimum atomic E-state index is -3.36. The molecule has 1 aliphatic carbocycles. The Labute approximate surface area is 156 Å². The predicted molar refractivity (Wildman–Crippen MR) is 105 cm³/mol. The van der Waals surface area contributed by atoms with Gasteiger partial charge in [0.15, 0.2) is 0 Å². The van der Waals surface area contributed by atoms with Gasteiger partial charge in [-0.1, -0.05) is 65.7 Å². The molecule has 0 aromatic carbocycles. The molecule has 4 nitrogen and oxygen atoms in total. The van der Waals surface area contributed by atoms with Crippen LogP contribution in [-0.4, -0.2) is 19.8 Å². The van der Waals surface area contributed by atoms with Crippen LogP contribution < -0.4 is 0 Å². The molecule has 2 atom stereocenters. The largest absolute Gasteiger partial charge is 0.474 e. The molecule has 0 aromatic heterocycles. The van der Waals surface area contributed by atoms with Gasteiger partial charge in [-0.2, -0.15) is 0 Å². The number of hydrogen-bond donors (Lipinski definition) is 0. The van der Waals surface area contributed by atoms with Gasteiger partial charge in [0.25, 0.3) is 0 Å². The van der Waals surface area contributed by atoms with Crippen LogP contribution in [0.2, 0.25) is 0 Å². The summed E-state index contributed by atoms with van der Waals surface area (Å²) in [5, 5.41) is 0. The molecule has 0 bridgehead atoms. The first kappa shape index (κ1) is 23.1. The third kappa shape index (κ3) is 9.56. The Morgan fingerprint density at radius 2 is 1.60 bits per heavy atom. The smallest absolute Gasteiger partial charge is 0.290 e. The van der Waals surface area contributed by atoms with Crippen molar-refractivity contribution in [3.05, 3.63) is 0 Å². The van der Waals surface area contributed by atoms with Crippen LogP contribution >= 0.6 is 7.82 Å². The summed E-state index contributed by atoms with van der Waals surface area (Å²) in [4.78, 5) is 0. The fraction of sp³-hybridized carbons (Fsp3) is 1.00. The van der Waals surface area contributed by atoms with Crippen molar-refractivity contribution in [2.24, 2.45) is 11.8 Å². The molecular weight excluding hydrogens is 335 g/mol. The average Bonchev–Trinajstić information content (AvgIpc) is 2.63. The van der Waals surface area contributed by atoms with Crippen molar-refractivity contribution in [2.75, 3.05) is 13.7 Å². The highest BCUT2D eigenvalue weighted by Gasteiger charge is 2.33. The van der Waals surface area contributed by atoms with E-state index in [0.717, 1.165) is 31.1 Å². The molecule has 1 fully saturated rings. The lowest BCUT2D eigenvalue weighted by Crippen LogP contribution is -2.25. The molecule has 150 valence electrons. The SMILES string of the molecule is CCCCCCCC[C@@H](C)[C@H]1CC[C@H](OP(=O)(OC)OCCC)CC1. The highest BCUT2D eigenvalue weighted by molar-refractivity contribution is 7.48. The van der Waals surface area contributed by atoms with Crippen molar-refractivity contribution >= 4 is 7.82 Å². The van der Waals surface area contributed by atoms with Gasteiger partial charge < -0.3 is 0 Å². The zero-order chi connectivity index (χ0) is 18.5. The highest BCUT2D eigenvalue weighted by atomic mass is 31.2. The Kier molecular flexibility index (Phi) is 12.3. The first-order chi connectivity index (χ1) is 12.0. The predicted octanol–water partition coefficient (Wildman–Crippen LogP) is 7.13. The number of hydrogen-bond acceptors (Lipinski definition) is 4. The van der Waals surface area contributed by atoms with E-state index in [1.54, 1.807) is 0 Å². The van der Waals surface area contributed by atoms with Crippen LogP contribution in [0, 0.1) is 11.8 Å². The zero-order valence-electron chi connectivity index (χ0n) is 17.0. The van der Waals surface area contributed by atoms with Gasteiger partial charge in [0.05, 0.1) is 12.7 Å². The molecule has 0 heterocycles.